The minimum Gasteiger partial charge on any atom is -0.399 e. The van der Waals surface area contributed by atoms with E-state index in [1.807, 2.05) is 30.3 Å². The number of anilines is 1. The summed E-state index contributed by atoms with van der Waals surface area (Å²) in [4.78, 5) is 13.3. The number of carbonyl (C=O) groups excluding carboxylic acids is 1. The van der Waals surface area contributed by atoms with Crippen LogP contribution >= 0.6 is 0 Å². The summed E-state index contributed by atoms with van der Waals surface area (Å²) in [5.41, 5.74) is 7.51. The van der Waals surface area contributed by atoms with Crippen LogP contribution in [0.15, 0.2) is 24.3 Å². The van der Waals surface area contributed by atoms with Gasteiger partial charge in [-0.15, -0.1) is 0 Å². The lowest BCUT2D eigenvalue weighted by Gasteiger charge is -2.15. The number of para-hydroxylation sites is 1. The summed E-state index contributed by atoms with van der Waals surface area (Å²) < 4.78 is 0. The van der Waals surface area contributed by atoms with Crippen molar-refractivity contribution in [2.45, 2.75) is 19.3 Å². The molecule has 0 aliphatic rings. The molecule has 0 aromatic heterocycles. The number of hydrogen-bond donors (Lipinski definition) is 1. The number of hydrogen-bond acceptors (Lipinski definition) is 3. The third-order valence-electron chi connectivity index (χ3n) is 2.65. The second-order valence-corrected chi connectivity index (χ2v) is 3.92. The summed E-state index contributed by atoms with van der Waals surface area (Å²) in [5.74, 6) is 0.0449. The first-order chi connectivity index (χ1) is 8.15. The fraction of sp³-hybridized carbons (Fsp3) is 0.385. The zero-order valence-electron chi connectivity index (χ0n) is 10.0. The van der Waals surface area contributed by atoms with E-state index < -0.39 is 0 Å². The Labute approximate surface area is 102 Å². The summed E-state index contributed by atoms with van der Waals surface area (Å²) in [5, 5.41) is 8.44. The summed E-state index contributed by atoms with van der Waals surface area (Å²) >= 11 is 0. The second-order valence-electron chi connectivity index (χ2n) is 3.92. The van der Waals surface area contributed by atoms with Crippen molar-refractivity contribution >= 4 is 11.6 Å². The highest BCUT2D eigenvalue weighted by Crippen LogP contribution is 2.13. The molecule has 1 aromatic carbocycles. The molecule has 0 heterocycles. The van der Waals surface area contributed by atoms with Gasteiger partial charge < -0.3 is 10.6 Å². The maximum absolute atomic E-state index is 11.7. The van der Waals surface area contributed by atoms with Crippen LogP contribution in [0.25, 0.3) is 0 Å². The zero-order valence-corrected chi connectivity index (χ0v) is 10.0. The van der Waals surface area contributed by atoms with E-state index in [-0.39, 0.29) is 5.91 Å². The van der Waals surface area contributed by atoms with Crippen molar-refractivity contribution in [2.24, 2.45) is 0 Å². The molecule has 0 bridgehead atoms. The van der Waals surface area contributed by atoms with Crippen molar-refractivity contribution in [1.29, 1.82) is 5.26 Å². The molecule has 17 heavy (non-hydrogen) atoms. The third-order valence-corrected chi connectivity index (χ3v) is 2.65. The van der Waals surface area contributed by atoms with Gasteiger partial charge in [-0.05, 0) is 18.1 Å². The van der Waals surface area contributed by atoms with Gasteiger partial charge in [-0.25, -0.2) is 0 Å². The number of rotatable bonds is 5. The van der Waals surface area contributed by atoms with Crippen LogP contribution in [0.1, 0.15) is 18.4 Å². The van der Waals surface area contributed by atoms with Crippen LogP contribution in [0.2, 0.25) is 0 Å². The molecular formula is C13H17N3O. The van der Waals surface area contributed by atoms with Crippen LogP contribution in [-0.4, -0.2) is 24.4 Å². The SMILES string of the molecule is CN(CCC#N)C(=O)CCc1ccccc1N. The number of nitrogens with zero attached hydrogens (tertiary/aromatic N) is 2. The van der Waals surface area contributed by atoms with Crippen molar-refractivity contribution in [1.82, 2.24) is 4.90 Å². The monoisotopic (exact) mass is 231 g/mol. The van der Waals surface area contributed by atoms with Crippen LogP contribution in [0.4, 0.5) is 5.69 Å². The molecular weight excluding hydrogens is 214 g/mol. The molecule has 4 heteroatoms. The Balaban J connectivity index is 2.43. The standard InChI is InChI=1S/C13H17N3O/c1-16(10-4-9-14)13(17)8-7-11-5-2-3-6-12(11)15/h2-3,5-6H,4,7-8,10,15H2,1H3. The van der Waals surface area contributed by atoms with Crippen molar-refractivity contribution in [2.75, 3.05) is 19.3 Å². The van der Waals surface area contributed by atoms with E-state index in [2.05, 4.69) is 0 Å². The number of nitrogens with two attached hydrogens (primary N) is 1. The molecule has 1 amide bonds. The molecule has 0 unspecified atom stereocenters. The fourth-order valence-corrected chi connectivity index (χ4v) is 1.54. The number of aryl methyl sites for hydroxylation is 1. The van der Waals surface area contributed by atoms with Crippen molar-refractivity contribution in [3.63, 3.8) is 0 Å². The lowest BCUT2D eigenvalue weighted by atomic mass is 10.1. The van der Waals surface area contributed by atoms with Gasteiger partial charge in [0.2, 0.25) is 5.91 Å². The molecule has 0 saturated carbocycles. The molecule has 0 aliphatic heterocycles. The maximum atomic E-state index is 11.7. The van der Waals surface area contributed by atoms with Gasteiger partial charge in [0.15, 0.2) is 0 Å². The largest absolute Gasteiger partial charge is 0.399 e. The Morgan fingerprint density at radius 2 is 2.18 bits per heavy atom. The van der Waals surface area contributed by atoms with Gasteiger partial charge in [0.05, 0.1) is 12.5 Å². The molecule has 0 saturated heterocycles. The van der Waals surface area contributed by atoms with Crippen LogP contribution in [0.3, 0.4) is 0 Å². The smallest absolute Gasteiger partial charge is 0.222 e. The Morgan fingerprint density at radius 1 is 1.47 bits per heavy atom. The highest BCUT2D eigenvalue weighted by molar-refractivity contribution is 5.76. The van der Waals surface area contributed by atoms with Crippen LogP contribution in [-0.2, 0) is 11.2 Å². The Kier molecular flexibility index (Phi) is 5.02. The zero-order chi connectivity index (χ0) is 12.7. The normalized spacial score (nSPS) is 9.65. The molecule has 90 valence electrons. The molecule has 1 aromatic rings. The average Bonchev–Trinajstić information content (AvgIpc) is 2.34. The van der Waals surface area contributed by atoms with Crippen molar-refractivity contribution in [3.05, 3.63) is 29.8 Å². The predicted octanol–water partition coefficient (Wildman–Crippen LogP) is 1.57. The van der Waals surface area contributed by atoms with E-state index >= 15 is 0 Å². The molecule has 0 radical (unpaired) electrons. The summed E-state index contributed by atoms with van der Waals surface area (Å²) in [7, 11) is 1.72. The summed E-state index contributed by atoms with van der Waals surface area (Å²) in [6, 6.07) is 9.57. The van der Waals surface area contributed by atoms with E-state index in [0.29, 0.717) is 25.8 Å². The number of carbonyl (C=O) groups is 1. The number of benzene rings is 1. The first kappa shape index (κ1) is 13.0. The van der Waals surface area contributed by atoms with Gasteiger partial charge in [-0.1, -0.05) is 18.2 Å². The van der Waals surface area contributed by atoms with Gasteiger partial charge in [0.1, 0.15) is 0 Å². The van der Waals surface area contributed by atoms with Gasteiger partial charge in [0.25, 0.3) is 0 Å². The van der Waals surface area contributed by atoms with Crippen molar-refractivity contribution in [3.8, 4) is 6.07 Å². The number of nitrogen functional groups attached to an aromatic ring is 1. The molecule has 1 rings (SSSR count). The summed E-state index contributed by atoms with van der Waals surface area (Å²) in [6.07, 6.45) is 1.44. The van der Waals surface area contributed by atoms with E-state index in [0.717, 1.165) is 11.3 Å². The number of nitriles is 1. The average molecular weight is 231 g/mol. The van der Waals surface area contributed by atoms with E-state index in [1.54, 1.807) is 11.9 Å². The minimum atomic E-state index is 0.0449. The fourth-order valence-electron chi connectivity index (χ4n) is 1.54. The maximum Gasteiger partial charge on any atom is 0.222 e. The van der Waals surface area contributed by atoms with Gasteiger partial charge in [-0.3, -0.25) is 4.79 Å². The molecule has 0 aliphatic carbocycles. The minimum absolute atomic E-state index is 0.0449. The van der Waals surface area contributed by atoms with Gasteiger partial charge in [0, 0.05) is 25.7 Å². The van der Waals surface area contributed by atoms with E-state index in [9.17, 15) is 4.79 Å². The molecule has 4 nitrogen and oxygen atoms in total. The Bertz CT molecular complexity index is 423. The van der Waals surface area contributed by atoms with Gasteiger partial charge >= 0.3 is 0 Å². The van der Waals surface area contributed by atoms with E-state index in [1.165, 1.54) is 0 Å². The highest BCUT2D eigenvalue weighted by Gasteiger charge is 2.09. The second kappa shape index (κ2) is 6.54. The lowest BCUT2D eigenvalue weighted by Crippen LogP contribution is -2.27. The topological polar surface area (TPSA) is 70.1 Å². The first-order valence-corrected chi connectivity index (χ1v) is 5.59. The van der Waals surface area contributed by atoms with Crippen molar-refractivity contribution < 1.29 is 4.79 Å². The van der Waals surface area contributed by atoms with Gasteiger partial charge in [-0.2, -0.15) is 5.26 Å². The highest BCUT2D eigenvalue weighted by atomic mass is 16.2. The molecule has 0 atom stereocenters. The van der Waals surface area contributed by atoms with E-state index in [4.69, 9.17) is 11.0 Å². The quantitative estimate of drug-likeness (QED) is 0.782. The van der Waals surface area contributed by atoms with Crippen LogP contribution in [0.5, 0.6) is 0 Å². The van der Waals surface area contributed by atoms with Crippen LogP contribution in [0, 0.1) is 11.3 Å². The number of amides is 1. The van der Waals surface area contributed by atoms with Crippen LogP contribution < -0.4 is 5.73 Å². The predicted molar refractivity (Wildman–Crippen MR) is 67.0 cm³/mol. The third kappa shape index (κ3) is 4.15. The first-order valence-electron chi connectivity index (χ1n) is 5.59. The molecule has 0 fully saturated rings. The molecule has 0 spiro atoms. The summed E-state index contributed by atoms with van der Waals surface area (Å²) in [6.45, 7) is 0.486. The Hall–Kier alpha value is -2.02. The lowest BCUT2D eigenvalue weighted by molar-refractivity contribution is -0.129. The molecule has 2 N–H and O–H groups in total. The Morgan fingerprint density at radius 3 is 2.82 bits per heavy atom.